The molecule has 1 heterocycles. The van der Waals surface area contributed by atoms with Crippen molar-refractivity contribution >= 4 is 41.5 Å². The number of nitrogens with one attached hydrogen (secondary N) is 2. The summed E-state index contributed by atoms with van der Waals surface area (Å²) < 4.78 is 4.47. The highest BCUT2D eigenvalue weighted by atomic mass is 35.5. The zero-order valence-electron chi connectivity index (χ0n) is 11.0. The van der Waals surface area contributed by atoms with E-state index in [0.717, 1.165) is 23.4 Å². The van der Waals surface area contributed by atoms with E-state index in [1.54, 1.807) is 18.3 Å². The number of ether oxygens (including phenoxy) is 1. The van der Waals surface area contributed by atoms with Crippen molar-refractivity contribution in [3.05, 3.63) is 45.8 Å². The molecule has 1 amide bonds. The molecule has 110 valence electrons. The maximum Gasteiger partial charge on any atom is 0.331 e. The van der Waals surface area contributed by atoms with Gasteiger partial charge in [0, 0.05) is 11.1 Å². The van der Waals surface area contributed by atoms with Crippen LogP contribution in [0, 0.1) is 0 Å². The van der Waals surface area contributed by atoms with Crippen LogP contribution in [0.2, 0.25) is 5.02 Å². The maximum atomic E-state index is 11.6. The normalized spacial score (nSPS) is 19.8. The molecule has 1 aliphatic rings. The van der Waals surface area contributed by atoms with Crippen molar-refractivity contribution in [1.82, 2.24) is 10.7 Å². The first kappa shape index (κ1) is 15.4. The predicted octanol–water partition coefficient (Wildman–Crippen LogP) is 1.47. The standard InChI is InChI=1S/C13H12ClN3O3S/c1-20-11(18)6-10-12(19)16-13(21-10)17-15-7-8-2-4-9(14)5-3-8/h2-7,13,17H,1H3,(H,16,19). The van der Waals surface area contributed by atoms with Crippen LogP contribution in [0.25, 0.3) is 0 Å². The number of rotatable bonds is 4. The molecule has 1 aromatic carbocycles. The second-order valence-corrected chi connectivity index (χ2v) is 5.53. The molecule has 8 heteroatoms. The van der Waals surface area contributed by atoms with Gasteiger partial charge in [-0.2, -0.15) is 5.10 Å². The number of amides is 1. The van der Waals surface area contributed by atoms with Crippen LogP contribution >= 0.6 is 23.4 Å². The fourth-order valence-corrected chi connectivity index (χ4v) is 2.44. The summed E-state index contributed by atoms with van der Waals surface area (Å²) in [6, 6.07) is 7.14. The number of esters is 1. The smallest absolute Gasteiger partial charge is 0.331 e. The highest BCUT2D eigenvalue weighted by molar-refractivity contribution is 8.05. The zero-order chi connectivity index (χ0) is 15.2. The molecule has 1 aromatic rings. The van der Waals surface area contributed by atoms with Crippen LogP contribution in [0.15, 0.2) is 40.3 Å². The number of hydrazone groups is 1. The van der Waals surface area contributed by atoms with Crippen molar-refractivity contribution in [1.29, 1.82) is 0 Å². The average molecular weight is 326 g/mol. The van der Waals surface area contributed by atoms with E-state index in [-0.39, 0.29) is 10.8 Å². The molecule has 6 nitrogen and oxygen atoms in total. The number of halogens is 1. The van der Waals surface area contributed by atoms with Gasteiger partial charge in [-0.15, -0.1) is 0 Å². The first-order valence-corrected chi connectivity index (χ1v) is 7.15. The van der Waals surface area contributed by atoms with E-state index in [1.807, 2.05) is 12.1 Å². The molecule has 0 aliphatic carbocycles. The van der Waals surface area contributed by atoms with Crippen molar-refractivity contribution in [2.24, 2.45) is 5.10 Å². The summed E-state index contributed by atoms with van der Waals surface area (Å²) >= 11 is 6.93. The Morgan fingerprint density at radius 2 is 2.19 bits per heavy atom. The summed E-state index contributed by atoms with van der Waals surface area (Å²) in [5.74, 6) is -0.914. The molecule has 0 aromatic heterocycles. The Kier molecular flexibility index (Phi) is 5.24. The predicted molar refractivity (Wildman–Crippen MR) is 81.8 cm³/mol. The van der Waals surface area contributed by atoms with Crippen LogP contribution in [0.4, 0.5) is 0 Å². The molecule has 1 aliphatic heterocycles. The number of carbonyl (C=O) groups excluding carboxylic acids is 2. The van der Waals surface area contributed by atoms with E-state index in [4.69, 9.17) is 11.6 Å². The molecular formula is C13H12ClN3O3S. The number of nitrogens with zero attached hydrogens (tertiary/aromatic N) is 1. The molecule has 2 rings (SSSR count). The van der Waals surface area contributed by atoms with Crippen LogP contribution < -0.4 is 10.7 Å². The maximum absolute atomic E-state index is 11.6. The van der Waals surface area contributed by atoms with E-state index in [2.05, 4.69) is 20.6 Å². The van der Waals surface area contributed by atoms with Crippen molar-refractivity contribution in [3.8, 4) is 0 Å². The molecule has 1 atom stereocenters. The molecule has 0 radical (unpaired) electrons. The summed E-state index contributed by atoms with van der Waals surface area (Å²) in [4.78, 5) is 23.0. The van der Waals surface area contributed by atoms with Crippen LogP contribution in [0.5, 0.6) is 0 Å². The number of carbonyl (C=O) groups is 2. The number of thioether (sulfide) groups is 1. The van der Waals surface area contributed by atoms with Crippen LogP contribution in [0.3, 0.4) is 0 Å². The highest BCUT2D eigenvalue weighted by Gasteiger charge is 2.27. The number of methoxy groups -OCH3 is 1. The lowest BCUT2D eigenvalue weighted by Crippen LogP contribution is -2.34. The highest BCUT2D eigenvalue weighted by Crippen LogP contribution is 2.25. The second kappa shape index (κ2) is 7.14. The minimum atomic E-state index is -0.571. The van der Waals surface area contributed by atoms with Crippen molar-refractivity contribution in [2.45, 2.75) is 5.50 Å². The minimum Gasteiger partial charge on any atom is -0.466 e. The third-order valence-corrected chi connectivity index (χ3v) is 3.72. The third-order valence-electron chi connectivity index (χ3n) is 2.46. The van der Waals surface area contributed by atoms with Crippen LogP contribution in [0.1, 0.15) is 5.56 Å². The van der Waals surface area contributed by atoms with Gasteiger partial charge >= 0.3 is 5.97 Å². The quantitative estimate of drug-likeness (QED) is 0.379. The Morgan fingerprint density at radius 3 is 2.86 bits per heavy atom. The van der Waals surface area contributed by atoms with E-state index in [1.165, 1.54) is 7.11 Å². The monoisotopic (exact) mass is 325 g/mol. The fraction of sp³-hybridized carbons (Fsp3) is 0.154. The SMILES string of the molecule is COC(=O)C=C1SC(NN=Cc2ccc(Cl)cc2)NC1=O. The van der Waals surface area contributed by atoms with Gasteiger partial charge < -0.3 is 10.1 Å². The average Bonchev–Trinajstić information content (AvgIpc) is 2.81. The van der Waals surface area contributed by atoms with Gasteiger partial charge in [-0.3, -0.25) is 10.2 Å². The first-order chi connectivity index (χ1) is 10.1. The van der Waals surface area contributed by atoms with Gasteiger partial charge in [0.2, 0.25) is 0 Å². The Morgan fingerprint density at radius 1 is 1.48 bits per heavy atom. The second-order valence-electron chi connectivity index (χ2n) is 3.94. The molecule has 0 spiro atoms. The Labute approximate surface area is 130 Å². The summed E-state index contributed by atoms with van der Waals surface area (Å²) in [6.45, 7) is 0. The summed E-state index contributed by atoms with van der Waals surface area (Å²) in [5, 5.41) is 7.30. The lowest BCUT2D eigenvalue weighted by atomic mass is 10.2. The number of hydrogen-bond donors (Lipinski definition) is 2. The summed E-state index contributed by atoms with van der Waals surface area (Å²) in [5.41, 5.74) is 3.20. The molecule has 1 unspecified atom stereocenters. The van der Waals surface area contributed by atoms with Gasteiger partial charge in [-0.25, -0.2) is 4.79 Å². The number of hydrogen-bond acceptors (Lipinski definition) is 6. The van der Waals surface area contributed by atoms with E-state index < -0.39 is 11.5 Å². The van der Waals surface area contributed by atoms with Crippen molar-refractivity contribution in [3.63, 3.8) is 0 Å². The lowest BCUT2D eigenvalue weighted by molar-refractivity contribution is -0.135. The molecule has 1 saturated heterocycles. The molecule has 2 N–H and O–H groups in total. The molecule has 0 bridgehead atoms. The fourth-order valence-electron chi connectivity index (χ4n) is 1.45. The first-order valence-electron chi connectivity index (χ1n) is 5.90. The van der Waals surface area contributed by atoms with E-state index in [0.29, 0.717) is 5.02 Å². The van der Waals surface area contributed by atoms with Gasteiger partial charge in [0.1, 0.15) is 0 Å². The molecule has 1 fully saturated rings. The molecular weight excluding hydrogens is 314 g/mol. The summed E-state index contributed by atoms with van der Waals surface area (Å²) in [6.07, 6.45) is 2.75. The van der Waals surface area contributed by atoms with Crippen molar-refractivity contribution in [2.75, 3.05) is 7.11 Å². The van der Waals surface area contributed by atoms with Crippen molar-refractivity contribution < 1.29 is 14.3 Å². The van der Waals surface area contributed by atoms with E-state index in [9.17, 15) is 9.59 Å². The van der Waals surface area contributed by atoms with E-state index >= 15 is 0 Å². The minimum absolute atomic E-state index is 0.279. The molecule has 21 heavy (non-hydrogen) atoms. The van der Waals surface area contributed by atoms with Gasteiger partial charge in [-0.1, -0.05) is 35.5 Å². The molecule has 0 saturated carbocycles. The largest absolute Gasteiger partial charge is 0.466 e. The van der Waals surface area contributed by atoms with Crippen LogP contribution in [-0.2, 0) is 14.3 Å². The zero-order valence-corrected chi connectivity index (χ0v) is 12.6. The van der Waals surface area contributed by atoms with Gasteiger partial charge in [-0.05, 0) is 17.7 Å². The van der Waals surface area contributed by atoms with Gasteiger partial charge in [0.15, 0.2) is 5.50 Å². The third kappa shape index (κ3) is 4.51. The lowest BCUT2D eigenvalue weighted by Gasteiger charge is -2.06. The Hall–Kier alpha value is -1.99. The Balaban J connectivity index is 1.90. The van der Waals surface area contributed by atoms with Gasteiger partial charge in [0.25, 0.3) is 5.91 Å². The topological polar surface area (TPSA) is 79.8 Å². The van der Waals surface area contributed by atoms with Gasteiger partial charge in [0.05, 0.1) is 18.2 Å². The van der Waals surface area contributed by atoms with Crippen LogP contribution in [-0.4, -0.2) is 30.7 Å². The summed E-state index contributed by atoms with van der Waals surface area (Å²) in [7, 11) is 1.25. The Bertz CT molecular complexity index is 601. The number of benzene rings is 1.